The Bertz CT molecular complexity index is 456. The molecule has 3 heterocycles. The lowest BCUT2D eigenvalue weighted by Crippen LogP contribution is -2.35. The molecular weight excluding hydrogens is 262 g/mol. The highest BCUT2D eigenvalue weighted by Crippen LogP contribution is 2.22. The number of likely N-dealkylation sites (tertiary alicyclic amines) is 2. The van der Waals surface area contributed by atoms with Crippen molar-refractivity contribution >= 4 is 17.3 Å². The first-order valence-electron chi connectivity index (χ1n) is 6.86. The summed E-state index contributed by atoms with van der Waals surface area (Å²) < 4.78 is 0. The van der Waals surface area contributed by atoms with Gasteiger partial charge in [0, 0.05) is 31.1 Å². The zero-order valence-electron chi connectivity index (χ0n) is 10.9. The second-order valence-electron chi connectivity index (χ2n) is 5.37. The average molecular weight is 281 g/mol. The molecule has 2 fully saturated rings. The van der Waals surface area contributed by atoms with E-state index in [0.717, 1.165) is 25.3 Å². The first kappa shape index (κ1) is 13.0. The van der Waals surface area contributed by atoms with E-state index in [-0.39, 0.29) is 5.01 Å². The molecule has 3 rings (SSSR count). The predicted octanol–water partition coefficient (Wildman–Crippen LogP) is 1.51. The molecule has 1 atom stereocenters. The van der Waals surface area contributed by atoms with Gasteiger partial charge in [0.2, 0.25) is 5.01 Å². The van der Waals surface area contributed by atoms with Crippen LogP contribution in [0.3, 0.4) is 0 Å². The van der Waals surface area contributed by atoms with Crippen LogP contribution in [0.1, 0.15) is 34.8 Å². The van der Waals surface area contributed by atoms with Crippen LogP contribution in [0.5, 0.6) is 0 Å². The largest absolute Gasteiger partial charge is 0.476 e. The Morgan fingerprint density at radius 3 is 2.89 bits per heavy atom. The molecule has 104 valence electrons. The summed E-state index contributed by atoms with van der Waals surface area (Å²) in [6, 6.07) is 0.695. The Hall–Kier alpha value is -0.980. The van der Waals surface area contributed by atoms with Crippen molar-refractivity contribution < 1.29 is 9.90 Å². The quantitative estimate of drug-likeness (QED) is 0.906. The van der Waals surface area contributed by atoms with Crippen LogP contribution in [-0.4, -0.2) is 58.1 Å². The number of hydrogen-bond donors (Lipinski definition) is 1. The van der Waals surface area contributed by atoms with E-state index in [0.29, 0.717) is 6.04 Å². The minimum atomic E-state index is -0.924. The minimum Gasteiger partial charge on any atom is -0.476 e. The van der Waals surface area contributed by atoms with E-state index in [9.17, 15) is 4.79 Å². The van der Waals surface area contributed by atoms with E-state index in [1.54, 1.807) is 0 Å². The number of carboxylic acids is 1. The lowest BCUT2D eigenvalue weighted by atomic mass is 10.2. The fourth-order valence-electron chi connectivity index (χ4n) is 3.07. The van der Waals surface area contributed by atoms with E-state index < -0.39 is 5.97 Å². The van der Waals surface area contributed by atoms with Crippen molar-refractivity contribution in [3.63, 3.8) is 0 Å². The predicted molar refractivity (Wildman–Crippen MR) is 73.6 cm³/mol. The van der Waals surface area contributed by atoms with Gasteiger partial charge >= 0.3 is 5.97 Å². The highest BCUT2D eigenvalue weighted by atomic mass is 32.1. The van der Waals surface area contributed by atoms with Gasteiger partial charge in [-0.1, -0.05) is 0 Å². The molecular formula is C13H19N3O2S. The Balaban J connectivity index is 1.54. The first-order valence-corrected chi connectivity index (χ1v) is 7.74. The topological polar surface area (TPSA) is 56.7 Å². The zero-order valence-corrected chi connectivity index (χ0v) is 11.7. The fourth-order valence-corrected chi connectivity index (χ4v) is 3.71. The van der Waals surface area contributed by atoms with Gasteiger partial charge in [0.25, 0.3) is 0 Å². The van der Waals surface area contributed by atoms with Crippen molar-refractivity contribution in [3.05, 3.63) is 16.1 Å². The number of carbonyl (C=O) groups is 1. The SMILES string of the molecule is O=C(O)c1nc(CN2CCC(N3CCCC3)C2)cs1. The van der Waals surface area contributed by atoms with Gasteiger partial charge in [-0.2, -0.15) is 0 Å². The molecule has 0 bridgehead atoms. The normalized spacial score (nSPS) is 25.2. The lowest BCUT2D eigenvalue weighted by molar-refractivity contribution is 0.0696. The van der Waals surface area contributed by atoms with E-state index >= 15 is 0 Å². The third-order valence-electron chi connectivity index (χ3n) is 4.02. The summed E-state index contributed by atoms with van der Waals surface area (Å²) in [6.07, 6.45) is 3.91. The Kier molecular flexibility index (Phi) is 3.81. The van der Waals surface area contributed by atoms with Crippen LogP contribution in [0.2, 0.25) is 0 Å². The molecule has 0 spiro atoms. The molecule has 2 saturated heterocycles. The molecule has 1 aromatic rings. The van der Waals surface area contributed by atoms with Gasteiger partial charge in [0.1, 0.15) is 0 Å². The number of aromatic nitrogens is 1. The van der Waals surface area contributed by atoms with E-state index in [1.807, 2.05) is 5.38 Å². The maximum atomic E-state index is 10.8. The standard InChI is InChI=1S/C13H19N3O2S/c17-13(18)12-14-10(9-19-12)7-15-6-3-11(8-15)16-4-1-2-5-16/h9,11H,1-8H2,(H,17,18). The number of rotatable bonds is 4. The van der Waals surface area contributed by atoms with Crippen molar-refractivity contribution in [1.29, 1.82) is 0 Å². The molecule has 6 heteroatoms. The van der Waals surface area contributed by atoms with Crippen molar-refractivity contribution in [2.24, 2.45) is 0 Å². The molecule has 0 radical (unpaired) electrons. The summed E-state index contributed by atoms with van der Waals surface area (Å²) in [7, 11) is 0. The summed E-state index contributed by atoms with van der Waals surface area (Å²) in [4.78, 5) is 20.0. The van der Waals surface area contributed by atoms with Crippen LogP contribution in [0.15, 0.2) is 5.38 Å². The molecule has 0 saturated carbocycles. The summed E-state index contributed by atoms with van der Waals surface area (Å²) >= 11 is 1.22. The maximum absolute atomic E-state index is 10.8. The molecule has 0 amide bonds. The number of thiazole rings is 1. The lowest BCUT2D eigenvalue weighted by Gasteiger charge is -2.23. The Morgan fingerprint density at radius 2 is 2.21 bits per heavy atom. The van der Waals surface area contributed by atoms with Gasteiger partial charge in [0.05, 0.1) is 5.69 Å². The van der Waals surface area contributed by atoms with Crippen molar-refractivity contribution in [1.82, 2.24) is 14.8 Å². The third kappa shape index (κ3) is 2.96. The minimum absolute atomic E-state index is 0.199. The molecule has 2 aliphatic rings. The van der Waals surface area contributed by atoms with E-state index in [4.69, 9.17) is 5.11 Å². The van der Waals surface area contributed by atoms with Gasteiger partial charge in [-0.3, -0.25) is 9.80 Å². The second-order valence-corrected chi connectivity index (χ2v) is 6.23. The smallest absolute Gasteiger partial charge is 0.365 e. The fraction of sp³-hybridized carbons (Fsp3) is 0.692. The molecule has 0 aliphatic carbocycles. The van der Waals surface area contributed by atoms with Crippen LogP contribution in [0.25, 0.3) is 0 Å². The van der Waals surface area contributed by atoms with Crippen LogP contribution in [0, 0.1) is 0 Å². The number of hydrogen-bond acceptors (Lipinski definition) is 5. The highest BCUT2D eigenvalue weighted by molar-refractivity contribution is 7.11. The molecule has 1 unspecified atom stereocenters. The summed E-state index contributed by atoms with van der Waals surface area (Å²) in [5.74, 6) is -0.924. The second kappa shape index (κ2) is 5.56. The summed E-state index contributed by atoms with van der Waals surface area (Å²) in [6.45, 7) is 5.48. The Labute approximate surface area is 116 Å². The van der Waals surface area contributed by atoms with Crippen molar-refractivity contribution in [2.75, 3.05) is 26.2 Å². The van der Waals surface area contributed by atoms with Gasteiger partial charge in [-0.15, -0.1) is 11.3 Å². The van der Waals surface area contributed by atoms with Crippen molar-refractivity contribution in [3.8, 4) is 0 Å². The van der Waals surface area contributed by atoms with Crippen LogP contribution >= 0.6 is 11.3 Å². The zero-order chi connectivity index (χ0) is 13.2. The van der Waals surface area contributed by atoms with Gasteiger partial charge in [-0.25, -0.2) is 9.78 Å². The molecule has 19 heavy (non-hydrogen) atoms. The van der Waals surface area contributed by atoms with Gasteiger partial charge in [-0.05, 0) is 32.4 Å². The monoisotopic (exact) mass is 281 g/mol. The summed E-state index contributed by atoms with van der Waals surface area (Å²) in [5.41, 5.74) is 0.893. The number of aromatic carboxylic acids is 1. The van der Waals surface area contributed by atoms with Gasteiger partial charge < -0.3 is 5.11 Å². The maximum Gasteiger partial charge on any atom is 0.365 e. The number of carboxylic acid groups (broad SMARTS) is 1. The van der Waals surface area contributed by atoms with Crippen molar-refractivity contribution in [2.45, 2.75) is 31.8 Å². The van der Waals surface area contributed by atoms with E-state index in [1.165, 1.54) is 43.7 Å². The summed E-state index contributed by atoms with van der Waals surface area (Å²) in [5, 5.41) is 10.9. The molecule has 5 nitrogen and oxygen atoms in total. The average Bonchev–Trinajstić information content (AvgIpc) is 3.09. The number of nitrogens with zero attached hydrogens (tertiary/aromatic N) is 3. The van der Waals surface area contributed by atoms with Crippen LogP contribution in [-0.2, 0) is 6.54 Å². The molecule has 2 aliphatic heterocycles. The Morgan fingerprint density at radius 1 is 1.42 bits per heavy atom. The molecule has 1 N–H and O–H groups in total. The van der Waals surface area contributed by atoms with Crippen LogP contribution < -0.4 is 0 Å². The van der Waals surface area contributed by atoms with Crippen LogP contribution in [0.4, 0.5) is 0 Å². The first-order chi connectivity index (χ1) is 9.22. The van der Waals surface area contributed by atoms with Gasteiger partial charge in [0.15, 0.2) is 0 Å². The van der Waals surface area contributed by atoms with E-state index in [2.05, 4.69) is 14.8 Å². The molecule has 1 aromatic heterocycles. The molecule has 0 aromatic carbocycles. The third-order valence-corrected chi connectivity index (χ3v) is 4.90. The highest BCUT2D eigenvalue weighted by Gasteiger charge is 2.29.